The molecule has 0 saturated carbocycles. The van der Waals surface area contributed by atoms with E-state index in [4.69, 9.17) is 9.16 Å². The molecule has 2 aromatic carbocycles. The molecule has 142 valence electrons. The maximum atomic E-state index is 12.0. The predicted octanol–water partition coefficient (Wildman–Crippen LogP) is 3.82. The first-order chi connectivity index (χ1) is 12.9. The molecule has 0 spiro atoms. The van der Waals surface area contributed by atoms with Crippen LogP contribution in [0.2, 0.25) is 5.04 Å². The van der Waals surface area contributed by atoms with E-state index in [1.165, 1.54) is 10.4 Å². The third-order valence-corrected chi connectivity index (χ3v) is 10.2. The summed E-state index contributed by atoms with van der Waals surface area (Å²) in [6.45, 7) is 8.99. The number of carbonyl (C=O) groups excluding carboxylic acids is 1. The molecule has 1 saturated heterocycles. The van der Waals surface area contributed by atoms with Crippen molar-refractivity contribution in [2.45, 2.75) is 45.3 Å². The van der Waals surface area contributed by atoms with Crippen LogP contribution in [0.5, 0.6) is 0 Å². The van der Waals surface area contributed by atoms with Gasteiger partial charge in [-0.25, -0.2) is 0 Å². The first-order valence-electron chi connectivity index (χ1n) is 9.49. The smallest absolute Gasteiger partial charge is 0.261 e. The lowest BCUT2D eigenvalue weighted by Gasteiger charge is -2.43. The van der Waals surface area contributed by atoms with Gasteiger partial charge in [-0.05, 0) is 28.4 Å². The zero-order valence-corrected chi connectivity index (χ0v) is 17.6. The molecule has 0 radical (unpaired) electrons. The average molecular weight is 381 g/mol. The van der Waals surface area contributed by atoms with Crippen LogP contribution in [-0.4, -0.2) is 26.8 Å². The molecule has 0 N–H and O–H groups in total. The fourth-order valence-corrected chi connectivity index (χ4v) is 8.49. The summed E-state index contributed by atoms with van der Waals surface area (Å²) in [6, 6.07) is 21.0. The molecule has 0 amide bonds. The Morgan fingerprint density at radius 3 is 1.96 bits per heavy atom. The minimum absolute atomic E-state index is 0.0635. The third kappa shape index (κ3) is 3.78. The van der Waals surface area contributed by atoms with Gasteiger partial charge in [-0.3, -0.25) is 4.79 Å². The second-order valence-electron chi connectivity index (χ2n) is 7.99. The Hall–Kier alpha value is -2.17. The SMILES string of the molecule is C/C=C1\O[C@H](CO[Si](c2ccccc2)(c2ccccc2)C(C)(C)C)CC1=O. The molecular weight excluding hydrogens is 352 g/mol. The quantitative estimate of drug-likeness (QED) is 0.584. The number of carbonyl (C=O) groups is 1. The lowest BCUT2D eigenvalue weighted by atomic mass is 10.2. The lowest BCUT2D eigenvalue weighted by Crippen LogP contribution is -2.67. The molecule has 0 aliphatic carbocycles. The van der Waals surface area contributed by atoms with Gasteiger partial charge in [0.25, 0.3) is 8.32 Å². The van der Waals surface area contributed by atoms with Gasteiger partial charge >= 0.3 is 0 Å². The highest BCUT2D eigenvalue weighted by Gasteiger charge is 2.50. The van der Waals surface area contributed by atoms with E-state index in [-0.39, 0.29) is 16.9 Å². The maximum absolute atomic E-state index is 12.0. The van der Waals surface area contributed by atoms with Gasteiger partial charge in [-0.1, -0.05) is 81.4 Å². The van der Waals surface area contributed by atoms with E-state index < -0.39 is 8.32 Å². The van der Waals surface area contributed by atoms with E-state index >= 15 is 0 Å². The largest absolute Gasteiger partial charge is 0.484 e. The molecule has 1 aliphatic rings. The summed E-state index contributed by atoms with van der Waals surface area (Å²) in [4.78, 5) is 12.0. The molecule has 3 rings (SSSR count). The van der Waals surface area contributed by atoms with Crippen molar-refractivity contribution in [1.29, 1.82) is 0 Å². The zero-order valence-electron chi connectivity index (χ0n) is 16.6. The summed E-state index contributed by atoms with van der Waals surface area (Å²) in [6.07, 6.45) is 1.91. The van der Waals surface area contributed by atoms with Gasteiger partial charge in [-0.15, -0.1) is 0 Å². The summed E-state index contributed by atoms with van der Waals surface area (Å²) in [5.41, 5.74) is 0. The van der Waals surface area contributed by atoms with E-state index in [1.54, 1.807) is 6.08 Å². The highest BCUT2D eigenvalue weighted by Crippen LogP contribution is 2.37. The van der Waals surface area contributed by atoms with Gasteiger partial charge in [0.1, 0.15) is 6.10 Å². The van der Waals surface area contributed by atoms with Gasteiger partial charge in [-0.2, -0.15) is 0 Å². The number of hydrogen-bond acceptors (Lipinski definition) is 3. The van der Waals surface area contributed by atoms with Gasteiger partial charge in [0.2, 0.25) is 5.78 Å². The van der Waals surface area contributed by atoms with Gasteiger partial charge in [0.15, 0.2) is 5.76 Å². The van der Waals surface area contributed by atoms with E-state index in [2.05, 4.69) is 69.3 Å². The van der Waals surface area contributed by atoms with Crippen molar-refractivity contribution in [2.75, 3.05) is 6.61 Å². The lowest BCUT2D eigenvalue weighted by molar-refractivity contribution is -0.115. The Balaban J connectivity index is 2.01. The average Bonchev–Trinajstić information content (AvgIpc) is 3.03. The Morgan fingerprint density at radius 2 is 1.56 bits per heavy atom. The number of Topliss-reactive ketones (excluding diaryl/α,β-unsaturated/α-hetero) is 1. The Kier molecular flexibility index (Phi) is 5.68. The molecule has 3 nitrogen and oxygen atoms in total. The number of benzene rings is 2. The monoisotopic (exact) mass is 380 g/mol. The standard InChI is InChI=1S/C23H28O3Si/c1-5-22-21(24)16-18(26-22)17-25-27(23(2,3)4,19-12-8-6-9-13-19)20-14-10-7-11-15-20/h5-15,18H,16-17H2,1-4H3/b22-5-/t18-/m0/s1. The topological polar surface area (TPSA) is 35.5 Å². The van der Waals surface area contributed by atoms with Crippen LogP contribution in [0.25, 0.3) is 0 Å². The van der Waals surface area contributed by atoms with Crippen molar-refractivity contribution >= 4 is 24.5 Å². The van der Waals surface area contributed by atoms with Crippen LogP contribution in [0.1, 0.15) is 34.1 Å². The number of ketones is 1. The Labute approximate surface area is 163 Å². The number of rotatable bonds is 5. The first kappa shape index (κ1) is 19.6. The highest BCUT2D eigenvalue weighted by atomic mass is 28.4. The number of hydrogen-bond donors (Lipinski definition) is 0. The molecule has 0 bridgehead atoms. The number of ether oxygens (including phenoxy) is 1. The minimum Gasteiger partial charge on any atom is -0.484 e. The van der Waals surface area contributed by atoms with Crippen molar-refractivity contribution < 1.29 is 14.0 Å². The summed E-state index contributed by atoms with van der Waals surface area (Å²) in [5, 5.41) is 2.39. The molecule has 1 heterocycles. The Morgan fingerprint density at radius 1 is 1.04 bits per heavy atom. The Bertz CT molecular complexity index is 767. The van der Waals surface area contributed by atoms with E-state index in [1.807, 2.05) is 19.1 Å². The normalized spacial score (nSPS) is 19.3. The maximum Gasteiger partial charge on any atom is 0.261 e. The van der Waals surface area contributed by atoms with E-state index in [0.29, 0.717) is 18.8 Å². The first-order valence-corrected chi connectivity index (χ1v) is 11.4. The van der Waals surface area contributed by atoms with E-state index in [0.717, 1.165) is 0 Å². The van der Waals surface area contributed by atoms with Gasteiger partial charge in [0.05, 0.1) is 13.0 Å². The van der Waals surface area contributed by atoms with Crippen molar-refractivity contribution in [2.24, 2.45) is 0 Å². The minimum atomic E-state index is -2.58. The van der Waals surface area contributed by atoms with Gasteiger partial charge in [0, 0.05) is 0 Å². The van der Waals surface area contributed by atoms with Crippen LogP contribution >= 0.6 is 0 Å². The van der Waals surface area contributed by atoms with Crippen LogP contribution < -0.4 is 10.4 Å². The number of allylic oxidation sites excluding steroid dienone is 2. The summed E-state index contributed by atoms with van der Waals surface area (Å²) in [5.74, 6) is 0.527. The second-order valence-corrected chi connectivity index (χ2v) is 12.3. The third-order valence-electron chi connectivity index (χ3n) is 5.15. The molecule has 1 atom stereocenters. The van der Waals surface area contributed by atoms with Crippen molar-refractivity contribution in [3.05, 3.63) is 72.5 Å². The van der Waals surface area contributed by atoms with Crippen LogP contribution in [0.4, 0.5) is 0 Å². The van der Waals surface area contributed by atoms with Crippen LogP contribution in [0.3, 0.4) is 0 Å². The van der Waals surface area contributed by atoms with Crippen LogP contribution in [0.15, 0.2) is 72.5 Å². The predicted molar refractivity (Wildman–Crippen MR) is 112 cm³/mol. The second kappa shape index (κ2) is 7.83. The molecule has 4 heteroatoms. The van der Waals surface area contributed by atoms with Crippen LogP contribution in [-0.2, 0) is 14.0 Å². The molecule has 0 aromatic heterocycles. The molecule has 27 heavy (non-hydrogen) atoms. The van der Waals surface area contributed by atoms with Crippen molar-refractivity contribution in [1.82, 2.24) is 0 Å². The summed E-state index contributed by atoms with van der Waals surface area (Å²) >= 11 is 0. The summed E-state index contributed by atoms with van der Waals surface area (Å²) < 4.78 is 12.6. The van der Waals surface area contributed by atoms with Crippen molar-refractivity contribution in [3.63, 3.8) is 0 Å². The highest BCUT2D eigenvalue weighted by molar-refractivity contribution is 6.99. The fraction of sp³-hybridized carbons (Fsp3) is 0.348. The molecular formula is C23H28O3Si. The summed E-state index contributed by atoms with van der Waals surface area (Å²) in [7, 11) is -2.58. The fourth-order valence-electron chi connectivity index (χ4n) is 3.90. The zero-order chi connectivity index (χ0) is 19.5. The molecule has 2 aromatic rings. The van der Waals surface area contributed by atoms with Crippen molar-refractivity contribution in [3.8, 4) is 0 Å². The molecule has 1 fully saturated rings. The van der Waals surface area contributed by atoms with Crippen LogP contribution in [0, 0.1) is 0 Å². The molecule has 1 aliphatic heterocycles. The molecule has 0 unspecified atom stereocenters. The van der Waals surface area contributed by atoms with E-state index in [9.17, 15) is 4.79 Å². The van der Waals surface area contributed by atoms with Gasteiger partial charge < -0.3 is 9.16 Å².